The largest absolute Gasteiger partial charge is 0.486 e. The molecule has 0 aliphatic carbocycles. The van der Waals surface area contributed by atoms with E-state index in [0.717, 1.165) is 19.3 Å². The van der Waals surface area contributed by atoms with Gasteiger partial charge in [0.05, 0.1) is 29.0 Å². The van der Waals surface area contributed by atoms with Gasteiger partial charge >= 0.3 is 0 Å². The van der Waals surface area contributed by atoms with Crippen LogP contribution in [0, 0.1) is 11.6 Å². The summed E-state index contributed by atoms with van der Waals surface area (Å²) in [7, 11) is 0. The second-order valence-corrected chi connectivity index (χ2v) is 7.02. The van der Waals surface area contributed by atoms with Crippen molar-refractivity contribution < 1.29 is 18.6 Å². The van der Waals surface area contributed by atoms with Gasteiger partial charge in [-0.2, -0.15) is 4.39 Å². The summed E-state index contributed by atoms with van der Waals surface area (Å²) in [6.07, 6.45) is 9.21. The summed E-state index contributed by atoms with van der Waals surface area (Å²) in [5.41, 5.74) is 2.60. The first-order chi connectivity index (χ1) is 14.5. The van der Waals surface area contributed by atoms with E-state index in [0.29, 0.717) is 22.3 Å². The molecule has 1 N–H and O–H groups in total. The Morgan fingerprint density at radius 2 is 2.00 bits per heavy atom. The number of aromatic nitrogens is 2. The Morgan fingerprint density at radius 1 is 1.17 bits per heavy atom. The van der Waals surface area contributed by atoms with Crippen LogP contribution >= 0.6 is 0 Å². The van der Waals surface area contributed by atoms with Gasteiger partial charge < -0.3 is 9.84 Å². The predicted molar refractivity (Wildman–Crippen MR) is 115 cm³/mol. The molecule has 0 aliphatic heterocycles. The van der Waals surface area contributed by atoms with Crippen LogP contribution in [0.2, 0.25) is 0 Å². The fraction of sp³-hybridized carbons (Fsp3) is 0.250. The highest BCUT2D eigenvalue weighted by molar-refractivity contribution is 5.82. The van der Waals surface area contributed by atoms with E-state index in [4.69, 9.17) is 4.74 Å². The van der Waals surface area contributed by atoms with Crippen molar-refractivity contribution in [3.05, 3.63) is 72.6 Å². The van der Waals surface area contributed by atoms with Crippen molar-refractivity contribution in [1.29, 1.82) is 0 Å². The number of hydrogen-bond acceptors (Lipinski definition) is 4. The minimum atomic E-state index is -1.03. The maximum absolute atomic E-state index is 14.5. The van der Waals surface area contributed by atoms with Crippen molar-refractivity contribution in [1.82, 2.24) is 9.97 Å². The Hall–Kier alpha value is -3.12. The monoisotopic (exact) mass is 410 g/mol. The first-order valence-corrected chi connectivity index (χ1v) is 9.83. The van der Waals surface area contributed by atoms with Gasteiger partial charge in [-0.25, -0.2) is 9.37 Å². The smallest absolute Gasteiger partial charge is 0.201 e. The van der Waals surface area contributed by atoms with Crippen LogP contribution in [-0.2, 0) is 0 Å². The van der Waals surface area contributed by atoms with Gasteiger partial charge in [0.2, 0.25) is 5.82 Å². The third-order valence-corrected chi connectivity index (χ3v) is 4.56. The first kappa shape index (κ1) is 21.6. The molecule has 1 heterocycles. The lowest BCUT2D eigenvalue weighted by molar-refractivity contribution is 0.182. The van der Waals surface area contributed by atoms with Crippen LogP contribution in [0.4, 0.5) is 8.78 Å². The Bertz CT molecular complexity index is 1060. The third-order valence-electron chi connectivity index (χ3n) is 4.56. The molecule has 0 radical (unpaired) electrons. The summed E-state index contributed by atoms with van der Waals surface area (Å²) in [5.74, 6) is -2.15. The number of nitrogens with zero attached hydrogens (tertiary/aromatic N) is 2. The topological polar surface area (TPSA) is 55.2 Å². The highest BCUT2D eigenvalue weighted by Gasteiger charge is 2.16. The number of aliphatic hydroxyl groups is 1. The molecule has 0 saturated heterocycles. The number of fused-ring (bicyclic) bond motifs is 1. The average molecular weight is 410 g/mol. The molecular weight excluding hydrogens is 386 g/mol. The Morgan fingerprint density at radius 3 is 2.77 bits per heavy atom. The summed E-state index contributed by atoms with van der Waals surface area (Å²) in [6, 6.07) is 7.99. The second-order valence-electron chi connectivity index (χ2n) is 7.02. The van der Waals surface area contributed by atoms with Gasteiger partial charge in [0, 0.05) is 5.56 Å². The zero-order chi connectivity index (χ0) is 21.5. The average Bonchev–Trinajstić information content (AvgIpc) is 2.74. The highest BCUT2D eigenvalue weighted by atomic mass is 19.2. The quantitative estimate of drug-likeness (QED) is 0.363. The molecule has 0 bridgehead atoms. The maximum Gasteiger partial charge on any atom is 0.201 e. The van der Waals surface area contributed by atoms with E-state index in [1.165, 1.54) is 18.2 Å². The molecular formula is C24H24F2N2O2. The summed E-state index contributed by atoms with van der Waals surface area (Å²) in [6.45, 7) is 5.36. The van der Waals surface area contributed by atoms with Crippen LogP contribution in [0.3, 0.4) is 0 Å². The lowest BCUT2D eigenvalue weighted by Crippen LogP contribution is -1.99. The number of unbranched alkanes of at least 4 members (excludes halogenated alkanes) is 1. The van der Waals surface area contributed by atoms with Crippen LogP contribution in [0.5, 0.6) is 5.75 Å². The predicted octanol–water partition coefficient (Wildman–Crippen LogP) is 5.70. The molecule has 0 fully saturated rings. The summed E-state index contributed by atoms with van der Waals surface area (Å²) in [4.78, 5) is 8.93. The number of benzene rings is 2. The number of halogens is 2. The van der Waals surface area contributed by atoms with E-state index in [-0.39, 0.29) is 24.0 Å². The maximum atomic E-state index is 14.5. The minimum Gasteiger partial charge on any atom is -0.486 e. The number of allylic oxidation sites excluding steroid dienone is 1. The SMILES string of the molecule is C=CCOc1ccc(-c2ccc3nc(C=CCCCC(C)O)cnc3c2)c(F)c1F. The van der Waals surface area contributed by atoms with Crippen LogP contribution in [0.25, 0.3) is 28.2 Å². The molecule has 4 nitrogen and oxygen atoms in total. The van der Waals surface area contributed by atoms with Gasteiger partial charge in [0.1, 0.15) is 6.61 Å². The summed E-state index contributed by atoms with van der Waals surface area (Å²) in [5, 5.41) is 9.27. The van der Waals surface area contributed by atoms with E-state index >= 15 is 0 Å². The number of ether oxygens (including phenoxy) is 1. The van der Waals surface area contributed by atoms with Crippen molar-refractivity contribution in [2.75, 3.05) is 6.61 Å². The van der Waals surface area contributed by atoms with Crippen molar-refractivity contribution in [3.8, 4) is 16.9 Å². The number of aliphatic hydroxyl groups excluding tert-OH is 1. The molecule has 0 amide bonds. The van der Waals surface area contributed by atoms with Crippen molar-refractivity contribution >= 4 is 17.1 Å². The second kappa shape index (κ2) is 10.1. The van der Waals surface area contributed by atoms with E-state index < -0.39 is 11.6 Å². The van der Waals surface area contributed by atoms with Gasteiger partial charge in [-0.15, -0.1) is 0 Å². The van der Waals surface area contributed by atoms with Crippen LogP contribution in [-0.4, -0.2) is 27.8 Å². The summed E-state index contributed by atoms with van der Waals surface area (Å²) >= 11 is 0. The van der Waals surface area contributed by atoms with Gasteiger partial charge in [0.25, 0.3) is 0 Å². The Balaban J connectivity index is 1.80. The molecule has 1 unspecified atom stereocenters. The van der Waals surface area contributed by atoms with Crippen LogP contribution in [0.15, 0.2) is 55.3 Å². The van der Waals surface area contributed by atoms with Gasteiger partial charge in [0.15, 0.2) is 11.6 Å². The Labute approximate surface area is 174 Å². The molecule has 0 spiro atoms. The molecule has 2 aromatic carbocycles. The molecule has 30 heavy (non-hydrogen) atoms. The molecule has 156 valence electrons. The number of hydrogen-bond donors (Lipinski definition) is 1. The van der Waals surface area contributed by atoms with E-state index in [1.807, 2.05) is 12.2 Å². The van der Waals surface area contributed by atoms with E-state index in [9.17, 15) is 13.9 Å². The molecule has 3 rings (SSSR count). The first-order valence-electron chi connectivity index (χ1n) is 9.83. The lowest BCUT2D eigenvalue weighted by atomic mass is 10.0. The fourth-order valence-corrected chi connectivity index (χ4v) is 3.02. The molecule has 0 aliphatic rings. The Kier molecular flexibility index (Phi) is 7.25. The zero-order valence-electron chi connectivity index (χ0n) is 16.8. The number of rotatable bonds is 9. The van der Waals surface area contributed by atoms with E-state index in [2.05, 4.69) is 16.5 Å². The summed E-state index contributed by atoms with van der Waals surface area (Å²) < 4.78 is 33.9. The molecule has 6 heteroatoms. The van der Waals surface area contributed by atoms with Gasteiger partial charge in [-0.3, -0.25) is 4.98 Å². The van der Waals surface area contributed by atoms with E-state index in [1.54, 1.807) is 31.3 Å². The minimum absolute atomic E-state index is 0.0958. The molecule has 3 aromatic rings. The van der Waals surface area contributed by atoms with Crippen LogP contribution in [0.1, 0.15) is 31.9 Å². The van der Waals surface area contributed by atoms with Crippen molar-refractivity contribution in [2.45, 2.75) is 32.3 Å². The van der Waals surface area contributed by atoms with Crippen LogP contribution < -0.4 is 4.74 Å². The highest BCUT2D eigenvalue weighted by Crippen LogP contribution is 2.31. The standard InChI is InChI=1S/C24H24F2N2O2/c1-3-13-30-22-12-10-19(23(25)24(22)26)17-9-11-20-21(14-17)27-15-18(28-20)8-6-4-5-7-16(2)29/h3,6,8-12,14-16,29H,1,4-5,7,13H2,2H3. The lowest BCUT2D eigenvalue weighted by Gasteiger charge is -2.10. The fourth-order valence-electron chi connectivity index (χ4n) is 3.02. The van der Waals surface area contributed by atoms with Crippen molar-refractivity contribution in [3.63, 3.8) is 0 Å². The zero-order valence-corrected chi connectivity index (χ0v) is 16.8. The van der Waals surface area contributed by atoms with Crippen molar-refractivity contribution in [2.24, 2.45) is 0 Å². The molecule has 0 saturated carbocycles. The van der Waals surface area contributed by atoms with Gasteiger partial charge in [-0.05, 0) is 62.1 Å². The normalized spacial score (nSPS) is 12.4. The third kappa shape index (κ3) is 5.27. The van der Waals surface area contributed by atoms with Gasteiger partial charge in [-0.1, -0.05) is 24.8 Å². The molecule has 1 atom stereocenters. The molecule has 1 aromatic heterocycles.